The first-order chi connectivity index (χ1) is 7.45. The van der Waals surface area contributed by atoms with Crippen LogP contribution in [0.1, 0.15) is 18.4 Å². The predicted molar refractivity (Wildman–Crippen MR) is 50.9 cm³/mol. The Kier molecular flexibility index (Phi) is 2.75. The number of nitrogens with zero attached hydrogens (tertiary/aromatic N) is 1. The van der Waals surface area contributed by atoms with Crippen LogP contribution in [-0.4, -0.2) is 17.1 Å². The van der Waals surface area contributed by atoms with Crippen molar-refractivity contribution in [3.8, 4) is 5.88 Å². The molecular formula is C10H11F3N2O. The normalized spacial score (nSPS) is 25.0. The van der Waals surface area contributed by atoms with Crippen molar-refractivity contribution in [1.29, 1.82) is 0 Å². The van der Waals surface area contributed by atoms with E-state index >= 15 is 0 Å². The molecule has 0 aliphatic heterocycles. The summed E-state index contributed by atoms with van der Waals surface area (Å²) in [6.07, 6.45) is -2.05. The predicted octanol–water partition coefficient (Wildman–Crippen LogP) is 1.97. The second-order valence-electron chi connectivity index (χ2n) is 3.85. The Morgan fingerprint density at radius 3 is 2.62 bits per heavy atom. The van der Waals surface area contributed by atoms with Gasteiger partial charge in [0.1, 0.15) is 6.10 Å². The highest BCUT2D eigenvalue weighted by Crippen LogP contribution is 2.31. The van der Waals surface area contributed by atoms with E-state index in [9.17, 15) is 13.2 Å². The van der Waals surface area contributed by atoms with Crippen LogP contribution in [0.5, 0.6) is 5.88 Å². The summed E-state index contributed by atoms with van der Waals surface area (Å²) in [7, 11) is 0. The highest BCUT2D eigenvalue weighted by molar-refractivity contribution is 5.23. The second kappa shape index (κ2) is 3.93. The molecule has 0 aromatic carbocycles. The molecule has 1 aliphatic rings. The van der Waals surface area contributed by atoms with Crippen LogP contribution < -0.4 is 10.5 Å². The Hall–Kier alpha value is -1.30. The van der Waals surface area contributed by atoms with Crippen LogP contribution in [0, 0.1) is 0 Å². The van der Waals surface area contributed by atoms with Gasteiger partial charge in [0.2, 0.25) is 5.88 Å². The SMILES string of the molecule is NC1CC(Oc2cc(C(F)(F)F)ccn2)C1. The van der Waals surface area contributed by atoms with Gasteiger partial charge in [-0.2, -0.15) is 13.2 Å². The van der Waals surface area contributed by atoms with Gasteiger partial charge in [-0.15, -0.1) is 0 Å². The molecule has 1 saturated carbocycles. The summed E-state index contributed by atoms with van der Waals surface area (Å²) < 4.78 is 42.3. The number of hydrogen-bond acceptors (Lipinski definition) is 3. The standard InChI is InChI=1S/C10H11F3N2O/c11-10(12,13)6-1-2-15-9(3-6)16-8-4-7(14)5-8/h1-3,7-8H,4-5,14H2. The lowest BCUT2D eigenvalue weighted by Crippen LogP contribution is -2.43. The van der Waals surface area contributed by atoms with Gasteiger partial charge in [-0.1, -0.05) is 0 Å². The van der Waals surface area contributed by atoms with Gasteiger partial charge >= 0.3 is 6.18 Å². The fraction of sp³-hybridized carbons (Fsp3) is 0.500. The lowest BCUT2D eigenvalue weighted by Gasteiger charge is -2.32. The van der Waals surface area contributed by atoms with Crippen molar-refractivity contribution in [2.24, 2.45) is 5.73 Å². The van der Waals surface area contributed by atoms with Crippen LogP contribution in [0.3, 0.4) is 0 Å². The molecule has 1 aromatic rings. The number of hydrogen-bond donors (Lipinski definition) is 1. The zero-order valence-corrected chi connectivity index (χ0v) is 8.37. The molecule has 1 heterocycles. The van der Waals surface area contributed by atoms with E-state index in [1.165, 1.54) is 0 Å². The minimum atomic E-state index is -4.36. The summed E-state index contributed by atoms with van der Waals surface area (Å²) in [5.74, 6) is 0.00623. The zero-order valence-electron chi connectivity index (χ0n) is 8.37. The van der Waals surface area contributed by atoms with Gasteiger partial charge in [0.05, 0.1) is 5.56 Å². The minimum absolute atomic E-state index is 0.00623. The fourth-order valence-corrected chi connectivity index (χ4v) is 1.52. The van der Waals surface area contributed by atoms with E-state index in [2.05, 4.69) is 4.98 Å². The third-order valence-electron chi connectivity index (χ3n) is 2.48. The van der Waals surface area contributed by atoms with Gasteiger partial charge in [-0.25, -0.2) is 4.98 Å². The first-order valence-electron chi connectivity index (χ1n) is 4.90. The molecule has 0 amide bonds. The minimum Gasteiger partial charge on any atom is -0.474 e. The molecule has 2 rings (SSSR count). The Bertz CT molecular complexity index is 375. The average Bonchev–Trinajstić information content (AvgIpc) is 2.14. The van der Waals surface area contributed by atoms with Gasteiger partial charge in [0.15, 0.2) is 0 Å². The number of alkyl halides is 3. The number of rotatable bonds is 2. The number of pyridine rings is 1. The molecule has 0 atom stereocenters. The molecular weight excluding hydrogens is 221 g/mol. The highest BCUT2D eigenvalue weighted by Gasteiger charge is 2.32. The van der Waals surface area contributed by atoms with Gasteiger partial charge in [-0.05, 0) is 18.9 Å². The lowest BCUT2D eigenvalue weighted by molar-refractivity contribution is -0.137. The maximum atomic E-state index is 12.4. The summed E-state index contributed by atoms with van der Waals surface area (Å²) in [5, 5.41) is 0. The molecule has 2 N–H and O–H groups in total. The molecule has 0 spiro atoms. The van der Waals surface area contributed by atoms with Crippen molar-refractivity contribution in [2.75, 3.05) is 0 Å². The van der Waals surface area contributed by atoms with E-state index in [0.717, 1.165) is 18.3 Å². The Balaban J connectivity index is 2.05. The molecule has 1 fully saturated rings. The van der Waals surface area contributed by atoms with Gasteiger partial charge in [0, 0.05) is 18.3 Å². The van der Waals surface area contributed by atoms with E-state index in [0.29, 0.717) is 12.8 Å². The molecule has 0 bridgehead atoms. The molecule has 1 aromatic heterocycles. The van der Waals surface area contributed by atoms with Crippen molar-refractivity contribution >= 4 is 0 Å². The number of halogens is 3. The first kappa shape index (κ1) is 11.2. The highest BCUT2D eigenvalue weighted by atomic mass is 19.4. The first-order valence-corrected chi connectivity index (χ1v) is 4.90. The van der Waals surface area contributed by atoms with Crippen LogP contribution in [0.4, 0.5) is 13.2 Å². The van der Waals surface area contributed by atoms with Crippen molar-refractivity contribution in [2.45, 2.75) is 31.2 Å². The maximum absolute atomic E-state index is 12.4. The maximum Gasteiger partial charge on any atom is 0.416 e. The Labute approximate surface area is 90.4 Å². The molecule has 0 radical (unpaired) electrons. The number of nitrogens with two attached hydrogens (primary N) is 1. The number of ether oxygens (including phenoxy) is 1. The quantitative estimate of drug-likeness (QED) is 0.848. The van der Waals surface area contributed by atoms with Crippen LogP contribution >= 0.6 is 0 Å². The third kappa shape index (κ3) is 2.44. The summed E-state index contributed by atoms with van der Waals surface area (Å²) in [6.45, 7) is 0. The van der Waals surface area contributed by atoms with Crippen molar-refractivity contribution in [1.82, 2.24) is 4.98 Å². The zero-order chi connectivity index (χ0) is 11.8. The third-order valence-corrected chi connectivity index (χ3v) is 2.48. The molecule has 0 saturated heterocycles. The topological polar surface area (TPSA) is 48.1 Å². The fourth-order valence-electron chi connectivity index (χ4n) is 1.52. The largest absolute Gasteiger partial charge is 0.474 e. The van der Waals surface area contributed by atoms with Crippen molar-refractivity contribution in [3.63, 3.8) is 0 Å². The van der Waals surface area contributed by atoms with Crippen molar-refractivity contribution < 1.29 is 17.9 Å². The molecule has 16 heavy (non-hydrogen) atoms. The summed E-state index contributed by atoms with van der Waals surface area (Å²) >= 11 is 0. The van der Waals surface area contributed by atoms with E-state index in [-0.39, 0.29) is 18.0 Å². The van der Waals surface area contributed by atoms with Gasteiger partial charge in [0.25, 0.3) is 0 Å². The van der Waals surface area contributed by atoms with E-state index in [1.807, 2.05) is 0 Å². The van der Waals surface area contributed by atoms with E-state index in [1.54, 1.807) is 0 Å². The summed E-state index contributed by atoms with van der Waals surface area (Å²) in [4.78, 5) is 3.74. The second-order valence-corrected chi connectivity index (χ2v) is 3.85. The number of aromatic nitrogens is 1. The van der Waals surface area contributed by atoms with Crippen LogP contribution in [0.2, 0.25) is 0 Å². The molecule has 88 valence electrons. The van der Waals surface area contributed by atoms with Crippen LogP contribution in [-0.2, 0) is 6.18 Å². The lowest BCUT2D eigenvalue weighted by atomic mass is 9.90. The molecule has 3 nitrogen and oxygen atoms in total. The van der Waals surface area contributed by atoms with E-state index < -0.39 is 11.7 Å². The smallest absolute Gasteiger partial charge is 0.416 e. The molecule has 1 aliphatic carbocycles. The monoisotopic (exact) mass is 232 g/mol. The van der Waals surface area contributed by atoms with Gasteiger partial charge in [-0.3, -0.25) is 0 Å². The average molecular weight is 232 g/mol. The molecule has 0 unspecified atom stereocenters. The Morgan fingerprint density at radius 2 is 2.06 bits per heavy atom. The van der Waals surface area contributed by atoms with Crippen LogP contribution in [0.15, 0.2) is 18.3 Å². The Morgan fingerprint density at radius 1 is 1.38 bits per heavy atom. The van der Waals surface area contributed by atoms with Gasteiger partial charge < -0.3 is 10.5 Å². The van der Waals surface area contributed by atoms with E-state index in [4.69, 9.17) is 10.5 Å². The summed E-state index contributed by atoms with van der Waals surface area (Å²) in [6, 6.07) is 1.92. The summed E-state index contributed by atoms with van der Waals surface area (Å²) in [5.41, 5.74) is 4.79. The molecule has 6 heteroatoms. The van der Waals surface area contributed by atoms with Crippen LogP contribution in [0.25, 0.3) is 0 Å². The van der Waals surface area contributed by atoms with Crippen molar-refractivity contribution in [3.05, 3.63) is 23.9 Å².